The number of rotatable bonds is 5. The molecule has 88 valence electrons. The van der Waals surface area contributed by atoms with E-state index in [9.17, 15) is 9.59 Å². The van der Waals surface area contributed by atoms with E-state index in [-0.39, 0.29) is 18.5 Å². The van der Waals surface area contributed by atoms with Crippen LogP contribution in [-0.2, 0) is 4.79 Å². The summed E-state index contributed by atoms with van der Waals surface area (Å²) in [6, 6.07) is -0.568. The van der Waals surface area contributed by atoms with E-state index in [2.05, 4.69) is 5.32 Å². The molecule has 5 nitrogen and oxygen atoms in total. The predicted molar refractivity (Wildman–Crippen MR) is 57.7 cm³/mol. The van der Waals surface area contributed by atoms with Crippen molar-refractivity contribution >= 4 is 12.0 Å². The summed E-state index contributed by atoms with van der Waals surface area (Å²) in [6.45, 7) is 6.37. The summed E-state index contributed by atoms with van der Waals surface area (Å²) < 4.78 is 0. The zero-order chi connectivity index (χ0) is 12.0. The Balaban J connectivity index is 3.95. The average molecular weight is 216 g/mol. The van der Waals surface area contributed by atoms with Gasteiger partial charge >= 0.3 is 12.0 Å². The van der Waals surface area contributed by atoms with Crippen LogP contribution in [0, 0.1) is 5.92 Å². The lowest BCUT2D eigenvalue weighted by atomic mass is 10.2. The monoisotopic (exact) mass is 216 g/mol. The Labute approximate surface area is 90.5 Å². The number of carboxylic acid groups (broad SMARTS) is 1. The van der Waals surface area contributed by atoms with E-state index in [1.54, 1.807) is 18.9 Å². The van der Waals surface area contributed by atoms with Crippen LogP contribution in [0.15, 0.2) is 0 Å². The fourth-order valence-electron chi connectivity index (χ4n) is 1.26. The van der Waals surface area contributed by atoms with Crippen LogP contribution in [0.5, 0.6) is 0 Å². The van der Waals surface area contributed by atoms with Crippen molar-refractivity contribution in [3.8, 4) is 0 Å². The fourth-order valence-corrected chi connectivity index (χ4v) is 1.26. The molecule has 0 aliphatic heterocycles. The van der Waals surface area contributed by atoms with Gasteiger partial charge in [0.1, 0.15) is 0 Å². The highest BCUT2D eigenvalue weighted by atomic mass is 16.4. The summed E-state index contributed by atoms with van der Waals surface area (Å²) in [5.41, 5.74) is 0. The maximum Gasteiger partial charge on any atom is 0.317 e. The second-order valence-corrected chi connectivity index (χ2v) is 4.22. The Morgan fingerprint density at radius 1 is 1.33 bits per heavy atom. The third-order valence-electron chi connectivity index (χ3n) is 1.84. The minimum Gasteiger partial charge on any atom is -0.481 e. The molecular formula is C10H20N2O3. The maximum atomic E-state index is 11.5. The highest BCUT2D eigenvalue weighted by molar-refractivity contribution is 5.75. The third kappa shape index (κ3) is 6.76. The zero-order valence-corrected chi connectivity index (χ0v) is 9.78. The van der Waals surface area contributed by atoms with Crippen molar-refractivity contribution in [2.45, 2.75) is 33.2 Å². The summed E-state index contributed by atoms with van der Waals surface area (Å²) in [6.07, 6.45) is -0.0543. The molecule has 0 rings (SSSR count). The van der Waals surface area contributed by atoms with Crippen LogP contribution in [0.1, 0.15) is 27.2 Å². The lowest BCUT2D eigenvalue weighted by Gasteiger charge is -2.22. The highest BCUT2D eigenvalue weighted by Gasteiger charge is 2.14. The molecule has 1 unspecified atom stereocenters. The smallest absolute Gasteiger partial charge is 0.317 e. The molecule has 0 spiro atoms. The number of carbonyl (C=O) groups is 2. The Hall–Kier alpha value is -1.26. The molecule has 2 amide bonds. The third-order valence-corrected chi connectivity index (χ3v) is 1.84. The minimum atomic E-state index is -0.908. The van der Waals surface area contributed by atoms with E-state index in [0.29, 0.717) is 12.5 Å². The quantitative estimate of drug-likeness (QED) is 0.724. The number of carbonyl (C=O) groups excluding carboxylic acids is 1. The van der Waals surface area contributed by atoms with Gasteiger partial charge in [-0.05, 0) is 12.8 Å². The first kappa shape index (κ1) is 13.7. The molecule has 0 aliphatic carbocycles. The van der Waals surface area contributed by atoms with Crippen LogP contribution in [0.25, 0.3) is 0 Å². The number of nitrogens with zero attached hydrogens (tertiary/aromatic N) is 1. The van der Waals surface area contributed by atoms with Crippen molar-refractivity contribution in [1.29, 1.82) is 0 Å². The molecule has 0 saturated heterocycles. The summed E-state index contributed by atoms with van der Waals surface area (Å²) in [5, 5.41) is 11.1. The van der Waals surface area contributed by atoms with Gasteiger partial charge in [-0.15, -0.1) is 0 Å². The van der Waals surface area contributed by atoms with Crippen molar-refractivity contribution in [2.75, 3.05) is 13.6 Å². The van der Waals surface area contributed by atoms with Gasteiger partial charge in [0.05, 0.1) is 6.42 Å². The molecule has 5 heteroatoms. The van der Waals surface area contributed by atoms with Crippen LogP contribution in [-0.4, -0.2) is 41.6 Å². The molecule has 0 aromatic rings. The van der Waals surface area contributed by atoms with Gasteiger partial charge in [-0.3, -0.25) is 4.79 Å². The van der Waals surface area contributed by atoms with Crippen molar-refractivity contribution < 1.29 is 14.7 Å². The van der Waals surface area contributed by atoms with Crippen LogP contribution in [0.3, 0.4) is 0 Å². The second kappa shape index (κ2) is 6.27. The van der Waals surface area contributed by atoms with Crippen molar-refractivity contribution in [1.82, 2.24) is 10.2 Å². The molecule has 0 heterocycles. The van der Waals surface area contributed by atoms with Gasteiger partial charge in [-0.25, -0.2) is 4.79 Å². The second-order valence-electron chi connectivity index (χ2n) is 4.22. The van der Waals surface area contributed by atoms with Crippen LogP contribution >= 0.6 is 0 Å². The molecule has 0 radical (unpaired) electrons. The Kier molecular flexibility index (Phi) is 5.74. The first-order chi connectivity index (χ1) is 6.82. The molecule has 0 aromatic heterocycles. The maximum absolute atomic E-state index is 11.5. The molecular weight excluding hydrogens is 196 g/mol. The van der Waals surface area contributed by atoms with E-state index in [1.165, 1.54) is 0 Å². The van der Waals surface area contributed by atoms with E-state index < -0.39 is 5.97 Å². The zero-order valence-electron chi connectivity index (χ0n) is 9.78. The number of carboxylic acids is 1. The van der Waals surface area contributed by atoms with Crippen LogP contribution in [0.4, 0.5) is 4.79 Å². The number of aliphatic carboxylic acids is 1. The fraction of sp³-hybridized carbons (Fsp3) is 0.800. The summed E-state index contributed by atoms with van der Waals surface area (Å²) in [7, 11) is 1.70. The van der Waals surface area contributed by atoms with E-state index in [1.807, 2.05) is 13.8 Å². The Morgan fingerprint density at radius 3 is 2.27 bits per heavy atom. The SMILES string of the molecule is CC(C)CN(C)C(=O)NC(C)CC(=O)O. The standard InChI is InChI=1S/C10H20N2O3/c1-7(2)6-12(4)10(15)11-8(3)5-9(13)14/h7-8H,5-6H2,1-4H3,(H,11,15)(H,13,14). The van der Waals surface area contributed by atoms with Gasteiger partial charge in [-0.2, -0.15) is 0 Å². The molecule has 0 aliphatic rings. The van der Waals surface area contributed by atoms with E-state index in [0.717, 1.165) is 0 Å². The molecule has 0 saturated carbocycles. The molecule has 1 atom stereocenters. The number of amides is 2. The molecule has 0 fully saturated rings. The summed E-state index contributed by atoms with van der Waals surface area (Å²) >= 11 is 0. The summed E-state index contributed by atoms with van der Waals surface area (Å²) in [5.74, 6) is -0.509. The van der Waals surface area contributed by atoms with Gasteiger partial charge < -0.3 is 15.3 Å². The van der Waals surface area contributed by atoms with Gasteiger partial charge in [0.2, 0.25) is 0 Å². The van der Waals surface area contributed by atoms with Crippen molar-refractivity contribution in [3.05, 3.63) is 0 Å². The molecule has 15 heavy (non-hydrogen) atoms. The topological polar surface area (TPSA) is 69.6 Å². The van der Waals surface area contributed by atoms with Crippen molar-refractivity contribution in [3.63, 3.8) is 0 Å². The highest BCUT2D eigenvalue weighted by Crippen LogP contribution is 1.98. The molecule has 0 aromatic carbocycles. The molecule has 0 bridgehead atoms. The van der Waals surface area contributed by atoms with Crippen LogP contribution in [0.2, 0.25) is 0 Å². The number of hydrogen-bond acceptors (Lipinski definition) is 2. The lowest BCUT2D eigenvalue weighted by Crippen LogP contribution is -2.43. The number of hydrogen-bond donors (Lipinski definition) is 2. The average Bonchev–Trinajstić information content (AvgIpc) is 2.00. The summed E-state index contributed by atoms with van der Waals surface area (Å²) in [4.78, 5) is 23.4. The van der Waals surface area contributed by atoms with Gasteiger partial charge in [0, 0.05) is 19.6 Å². The Bertz CT molecular complexity index is 229. The molecule has 2 N–H and O–H groups in total. The van der Waals surface area contributed by atoms with Crippen molar-refractivity contribution in [2.24, 2.45) is 5.92 Å². The van der Waals surface area contributed by atoms with E-state index >= 15 is 0 Å². The lowest BCUT2D eigenvalue weighted by molar-refractivity contribution is -0.137. The largest absolute Gasteiger partial charge is 0.481 e. The van der Waals surface area contributed by atoms with Gasteiger partial charge in [0.25, 0.3) is 0 Å². The van der Waals surface area contributed by atoms with Gasteiger partial charge in [-0.1, -0.05) is 13.8 Å². The first-order valence-electron chi connectivity index (χ1n) is 5.06. The number of urea groups is 1. The normalized spacial score (nSPS) is 12.3. The Morgan fingerprint density at radius 2 is 1.87 bits per heavy atom. The van der Waals surface area contributed by atoms with Crippen LogP contribution < -0.4 is 5.32 Å². The minimum absolute atomic E-state index is 0.0543. The van der Waals surface area contributed by atoms with E-state index in [4.69, 9.17) is 5.11 Å². The first-order valence-corrected chi connectivity index (χ1v) is 5.06. The van der Waals surface area contributed by atoms with Gasteiger partial charge in [0.15, 0.2) is 0 Å². The predicted octanol–water partition coefficient (Wildman–Crippen LogP) is 1.15. The number of nitrogens with one attached hydrogen (secondary N) is 1.